The van der Waals surface area contributed by atoms with Crippen LogP contribution in [0.15, 0.2) is 29.5 Å². The molecule has 2 amide bonds. The van der Waals surface area contributed by atoms with E-state index in [1.807, 2.05) is 6.92 Å². The molecule has 0 aromatic heterocycles. The molecule has 1 atom stereocenters. The average molecular weight is 366 g/mol. The molecule has 0 fully saturated rings. The van der Waals surface area contributed by atoms with Gasteiger partial charge in [-0.1, -0.05) is 13.0 Å². The molecule has 0 bridgehead atoms. The summed E-state index contributed by atoms with van der Waals surface area (Å²) in [7, 11) is 1.43. The standard InChI is InChI=1S/C17H22N2O5S/c1-4-25-8-7-24-16(21)14-10(2)18-17(22)19-15(14)11-5-6-12(20)13(9-11)23-3/h5-6,9,15,20H,4,7-8H2,1-3H3,(H2,18,19,22)/t15-/m1/s1. The van der Waals surface area contributed by atoms with E-state index in [1.165, 1.54) is 13.2 Å². The Labute approximate surface area is 150 Å². The van der Waals surface area contributed by atoms with Crippen LogP contribution < -0.4 is 15.4 Å². The number of amides is 2. The monoisotopic (exact) mass is 366 g/mol. The number of carbonyl (C=O) groups is 2. The van der Waals surface area contributed by atoms with Gasteiger partial charge in [0.25, 0.3) is 0 Å². The van der Waals surface area contributed by atoms with E-state index in [4.69, 9.17) is 9.47 Å². The lowest BCUT2D eigenvalue weighted by Crippen LogP contribution is -2.45. The van der Waals surface area contributed by atoms with E-state index < -0.39 is 18.0 Å². The summed E-state index contributed by atoms with van der Waals surface area (Å²) in [5.41, 5.74) is 1.38. The van der Waals surface area contributed by atoms with E-state index >= 15 is 0 Å². The lowest BCUT2D eigenvalue weighted by Gasteiger charge is -2.28. The second-order valence-corrected chi connectivity index (χ2v) is 6.73. The number of phenolic OH excluding ortho intramolecular Hbond substituents is 1. The SMILES string of the molecule is CCSCCOC(=O)C1=C(C)NC(=O)N[C@@H]1c1ccc(O)c(OC)c1. The summed E-state index contributed by atoms with van der Waals surface area (Å²) in [6.07, 6.45) is 0. The van der Waals surface area contributed by atoms with Gasteiger partial charge in [0.2, 0.25) is 0 Å². The zero-order valence-electron chi connectivity index (χ0n) is 14.4. The number of methoxy groups -OCH3 is 1. The zero-order valence-corrected chi connectivity index (χ0v) is 15.2. The van der Waals surface area contributed by atoms with Gasteiger partial charge in [0.15, 0.2) is 11.5 Å². The summed E-state index contributed by atoms with van der Waals surface area (Å²) in [4.78, 5) is 24.4. The molecule has 0 unspecified atom stereocenters. The molecule has 1 aliphatic rings. The zero-order chi connectivity index (χ0) is 18.4. The van der Waals surface area contributed by atoms with Crippen molar-refractivity contribution in [2.75, 3.05) is 25.2 Å². The number of hydrogen-bond donors (Lipinski definition) is 3. The molecule has 0 saturated heterocycles. The van der Waals surface area contributed by atoms with Crippen LogP contribution in [0.25, 0.3) is 0 Å². The van der Waals surface area contributed by atoms with Gasteiger partial charge in [-0.15, -0.1) is 0 Å². The Morgan fingerprint density at radius 2 is 2.16 bits per heavy atom. The molecule has 0 saturated carbocycles. The number of nitrogens with one attached hydrogen (secondary N) is 2. The average Bonchev–Trinajstić information content (AvgIpc) is 2.58. The molecule has 136 valence electrons. The number of phenols is 1. The Kier molecular flexibility index (Phi) is 6.58. The molecule has 1 aromatic rings. The van der Waals surface area contributed by atoms with Crippen molar-refractivity contribution in [3.05, 3.63) is 35.0 Å². The van der Waals surface area contributed by atoms with Gasteiger partial charge < -0.3 is 25.2 Å². The number of benzene rings is 1. The summed E-state index contributed by atoms with van der Waals surface area (Å²) >= 11 is 1.68. The van der Waals surface area contributed by atoms with Gasteiger partial charge in [0.05, 0.1) is 18.7 Å². The number of hydrogen-bond acceptors (Lipinski definition) is 6. The van der Waals surface area contributed by atoms with E-state index in [0.29, 0.717) is 29.2 Å². The Balaban J connectivity index is 2.28. The van der Waals surface area contributed by atoms with Crippen LogP contribution in [0.1, 0.15) is 25.5 Å². The maximum Gasteiger partial charge on any atom is 0.338 e. The smallest absolute Gasteiger partial charge is 0.338 e. The highest BCUT2D eigenvalue weighted by molar-refractivity contribution is 7.99. The minimum atomic E-state index is -0.686. The topological polar surface area (TPSA) is 96.9 Å². The minimum absolute atomic E-state index is 0.0204. The summed E-state index contributed by atoms with van der Waals surface area (Å²) < 4.78 is 10.4. The van der Waals surface area contributed by atoms with Crippen LogP contribution in [0.3, 0.4) is 0 Å². The van der Waals surface area contributed by atoms with Crippen LogP contribution in [-0.4, -0.2) is 42.3 Å². The maximum atomic E-state index is 12.5. The first-order valence-corrected chi connectivity index (χ1v) is 9.03. The van der Waals surface area contributed by atoms with Crippen LogP contribution in [0.5, 0.6) is 11.5 Å². The molecule has 8 heteroatoms. The largest absolute Gasteiger partial charge is 0.504 e. The lowest BCUT2D eigenvalue weighted by atomic mass is 9.95. The van der Waals surface area contributed by atoms with Crippen LogP contribution in [0.2, 0.25) is 0 Å². The van der Waals surface area contributed by atoms with Crippen LogP contribution in [-0.2, 0) is 9.53 Å². The molecule has 1 heterocycles. The van der Waals surface area contributed by atoms with Crippen molar-refractivity contribution in [2.45, 2.75) is 19.9 Å². The van der Waals surface area contributed by atoms with Gasteiger partial charge >= 0.3 is 12.0 Å². The quantitative estimate of drug-likeness (QED) is 0.506. The molecule has 25 heavy (non-hydrogen) atoms. The van der Waals surface area contributed by atoms with E-state index in [9.17, 15) is 14.7 Å². The highest BCUT2D eigenvalue weighted by atomic mass is 32.2. The first kappa shape index (κ1) is 19.0. The van der Waals surface area contributed by atoms with Gasteiger partial charge in [-0.25, -0.2) is 9.59 Å². The summed E-state index contributed by atoms with van der Waals surface area (Å²) in [6, 6.07) is 3.57. The van der Waals surface area contributed by atoms with E-state index in [0.717, 1.165) is 5.75 Å². The van der Waals surface area contributed by atoms with Crippen molar-refractivity contribution in [3.63, 3.8) is 0 Å². The number of allylic oxidation sites excluding steroid dienone is 1. The second kappa shape index (κ2) is 8.66. The van der Waals surface area contributed by atoms with Crippen molar-refractivity contribution in [1.29, 1.82) is 0 Å². The van der Waals surface area contributed by atoms with Gasteiger partial charge in [0, 0.05) is 11.4 Å². The van der Waals surface area contributed by atoms with Crippen LogP contribution >= 0.6 is 11.8 Å². The third-order valence-electron chi connectivity index (χ3n) is 3.69. The van der Waals surface area contributed by atoms with Crippen LogP contribution in [0.4, 0.5) is 4.79 Å². The van der Waals surface area contributed by atoms with Gasteiger partial charge in [-0.2, -0.15) is 11.8 Å². The van der Waals surface area contributed by atoms with E-state index in [-0.39, 0.29) is 11.5 Å². The molecule has 1 aromatic carbocycles. The van der Waals surface area contributed by atoms with Crippen molar-refractivity contribution in [1.82, 2.24) is 10.6 Å². The predicted octanol–water partition coefficient (Wildman–Crippen LogP) is 2.33. The molecule has 3 N–H and O–H groups in total. The fraction of sp³-hybridized carbons (Fsp3) is 0.412. The van der Waals surface area contributed by atoms with Crippen LogP contribution in [0, 0.1) is 0 Å². The highest BCUT2D eigenvalue weighted by Crippen LogP contribution is 2.33. The Bertz CT molecular complexity index is 690. The van der Waals surface area contributed by atoms with Crippen molar-refractivity contribution < 1.29 is 24.2 Å². The van der Waals surface area contributed by atoms with E-state index in [2.05, 4.69) is 10.6 Å². The minimum Gasteiger partial charge on any atom is -0.504 e. The summed E-state index contributed by atoms with van der Waals surface area (Å²) in [5.74, 6) is 1.42. The van der Waals surface area contributed by atoms with Crippen molar-refractivity contribution in [2.24, 2.45) is 0 Å². The number of aromatic hydroxyl groups is 1. The number of rotatable bonds is 7. The summed E-state index contributed by atoms with van der Waals surface area (Å²) in [5, 5.41) is 15.1. The maximum absolute atomic E-state index is 12.5. The third-order valence-corrected chi connectivity index (χ3v) is 4.55. The Morgan fingerprint density at radius 1 is 1.40 bits per heavy atom. The van der Waals surface area contributed by atoms with Gasteiger partial charge in [-0.05, 0) is 30.4 Å². The van der Waals surface area contributed by atoms with Gasteiger partial charge in [-0.3, -0.25) is 0 Å². The fourth-order valence-electron chi connectivity index (χ4n) is 2.50. The molecular weight excluding hydrogens is 344 g/mol. The Morgan fingerprint density at radius 3 is 2.84 bits per heavy atom. The predicted molar refractivity (Wildman–Crippen MR) is 95.7 cm³/mol. The normalized spacial score (nSPS) is 16.9. The first-order valence-electron chi connectivity index (χ1n) is 7.88. The van der Waals surface area contributed by atoms with Crippen molar-refractivity contribution >= 4 is 23.8 Å². The molecule has 7 nitrogen and oxygen atoms in total. The number of thioether (sulfide) groups is 1. The number of urea groups is 1. The molecule has 0 aliphatic carbocycles. The number of esters is 1. The fourth-order valence-corrected chi connectivity index (χ4v) is 2.99. The number of carbonyl (C=O) groups excluding carboxylic acids is 2. The van der Waals surface area contributed by atoms with E-state index in [1.54, 1.807) is 30.8 Å². The molecule has 1 aliphatic heterocycles. The molecule has 2 rings (SSSR count). The summed E-state index contributed by atoms with van der Waals surface area (Å²) in [6.45, 7) is 3.99. The van der Waals surface area contributed by atoms with Gasteiger partial charge in [0.1, 0.15) is 6.61 Å². The third kappa shape index (κ3) is 4.60. The molecule has 0 spiro atoms. The second-order valence-electron chi connectivity index (χ2n) is 5.33. The lowest BCUT2D eigenvalue weighted by molar-refractivity contribution is -0.138. The van der Waals surface area contributed by atoms with Crippen molar-refractivity contribution in [3.8, 4) is 11.5 Å². The molecular formula is C17H22N2O5S. The first-order chi connectivity index (χ1) is 12.0. The molecule has 0 radical (unpaired) electrons. The highest BCUT2D eigenvalue weighted by Gasteiger charge is 2.32. The number of ether oxygens (including phenoxy) is 2. The Hall–Kier alpha value is -2.35.